The molecule has 0 aliphatic carbocycles. The van der Waals surface area contributed by atoms with Gasteiger partial charge in [-0.25, -0.2) is 9.97 Å². The number of benzene rings is 2. The molecule has 2 heterocycles. The number of anilines is 1. The Morgan fingerprint density at radius 1 is 1.21 bits per heavy atom. The molecule has 4 aromatic rings. The predicted molar refractivity (Wildman–Crippen MR) is 132 cm³/mol. The largest absolute Gasteiger partial charge is 0.468 e. The number of esters is 1. The number of nitrogens with two attached hydrogens (primary N) is 1. The number of rotatable bonds is 7. The molecule has 0 atom stereocenters. The zero-order valence-electron chi connectivity index (χ0n) is 19.0. The highest BCUT2D eigenvalue weighted by molar-refractivity contribution is 8.00. The maximum Gasteiger partial charge on any atom is 0.315 e. The Bertz CT molecular complexity index is 1390. The minimum absolute atomic E-state index is 0.111. The number of carbonyl (C=O) groups excluding carboxylic acids is 1. The van der Waals surface area contributed by atoms with Crippen molar-refractivity contribution in [2.45, 2.75) is 24.8 Å². The summed E-state index contributed by atoms with van der Waals surface area (Å²) in [6, 6.07) is 15.2. The van der Waals surface area contributed by atoms with E-state index in [-0.39, 0.29) is 17.8 Å². The van der Waals surface area contributed by atoms with Gasteiger partial charge in [-0.15, -0.1) is 11.8 Å². The average molecular weight is 474 g/mol. The lowest BCUT2D eigenvalue weighted by Gasteiger charge is -2.11. The van der Waals surface area contributed by atoms with Crippen molar-refractivity contribution in [1.29, 1.82) is 5.26 Å². The van der Waals surface area contributed by atoms with Crippen LogP contribution in [-0.2, 0) is 9.53 Å². The van der Waals surface area contributed by atoms with Crippen LogP contribution in [0.1, 0.15) is 25.5 Å². The second kappa shape index (κ2) is 9.85. The third kappa shape index (κ3) is 4.54. The summed E-state index contributed by atoms with van der Waals surface area (Å²) in [6.07, 6.45) is 3.51. The maximum absolute atomic E-state index is 11.5. The molecule has 0 unspecified atom stereocenters. The van der Waals surface area contributed by atoms with Crippen molar-refractivity contribution in [3.05, 3.63) is 60.6 Å². The number of nitrogens with zero attached hydrogens (tertiary/aromatic N) is 4. The Balaban J connectivity index is 1.63. The molecular formula is C25H23N5O3S. The fraction of sp³-hybridized carbons (Fsp3) is 0.200. The van der Waals surface area contributed by atoms with Gasteiger partial charge >= 0.3 is 5.97 Å². The van der Waals surface area contributed by atoms with Gasteiger partial charge in [-0.05, 0) is 43.7 Å². The van der Waals surface area contributed by atoms with Crippen molar-refractivity contribution in [2.24, 2.45) is 0 Å². The molecule has 34 heavy (non-hydrogen) atoms. The van der Waals surface area contributed by atoms with Gasteiger partial charge in [0.25, 0.3) is 0 Å². The van der Waals surface area contributed by atoms with Crippen LogP contribution in [0, 0.1) is 11.3 Å². The minimum Gasteiger partial charge on any atom is -0.468 e. The molecule has 2 aromatic heterocycles. The van der Waals surface area contributed by atoms with E-state index >= 15 is 0 Å². The van der Waals surface area contributed by atoms with E-state index in [1.165, 1.54) is 25.2 Å². The van der Waals surface area contributed by atoms with E-state index in [0.717, 1.165) is 22.2 Å². The Hall–Kier alpha value is -4.03. The van der Waals surface area contributed by atoms with Crippen LogP contribution < -0.4 is 10.5 Å². The Labute approximate surface area is 201 Å². The molecule has 2 aromatic carbocycles. The van der Waals surface area contributed by atoms with Crippen LogP contribution in [-0.4, -0.2) is 33.4 Å². The van der Waals surface area contributed by atoms with Crippen LogP contribution in [0.25, 0.3) is 22.2 Å². The molecule has 0 fully saturated rings. The van der Waals surface area contributed by atoms with Crippen LogP contribution in [0.15, 0.2) is 59.9 Å². The van der Waals surface area contributed by atoms with Crippen molar-refractivity contribution < 1.29 is 14.3 Å². The fourth-order valence-corrected chi connectivity index (χ4v) is 4.43. The summed E-state index contributed by atoms with van der Waals surface area (Å²) in [4.78, 5) is 20.7. The number of hydrogen-bond acceptors (Lipinski definition) is 8. The van der Waals surface area contributed by atoms with Gasteiger partial charge in [-0.1, -0.05) is 18.2 Å². The van der Waals surface area contributed by atoms with Crippen molar-refractivity contribution in [3.8, 4) is 28.7 Å². The molecule has 0 aliphatic heterocycles. The molecule has 0 saturated carbocycles. The van der Waals surface area contributed by atoms with E-state index in [4.69, 9.17) is 10.5 Å². The number of thioether (sulfide) groups is 1. The molecular weight excluding hydrogens is 450 g/mol. The molecule has 0 radical (unpaired) electrons. The molecule has 8 nitrogen and oxygen atoms in total. The number of carbonyl (C=O) groups is 1. The lowest BCUT2D eigenvalue weighted by Crippen LogP contribution is -2.03. The lowest BCUT2D eigenvalue weighted by atomic mass is 10.1. The highest BCUT2D eigenvalue weighted by Gasteiger charge is 2.17. The van der Waals surface area contributed by atoms with Gasteiger partial charge in [0, 0.05) is 22.7 Å². The lowest BCUT2D eigenvalue weighted by molar-refractivity contribution is -0.137. The van der Waals surface area contributed by atoms with E-state index in [0.29, 0.717) is 27.8 Å². The number of nitriles is 1. The minimum atomic E-state index is -0.360. The highest BCUT2D eigenvalue weighted by Crippen LogP contribution is 2.36. The molecule has 9 heteroatoms. The monoisotopic (exact) mass is 473 g/mol. The average Bonchev–Trinajstić information content (AvgIpc) is 3.24. The SMILES string of the molecule is COC(=O)CSc1cccc(Oc2ccc(-c3cn(C(C)C)c4ncnc(N)c34)cc2)c1C#N. The Kier molecular flexibility index (Phi) is 6.70. The number of fused-ring (bicyclic) bond motifs is 1. The van der Waals surface area contributed by atoms with E-state index in [2.05, 4.69) is 39.2 Å². The normalized spacial score (nSPS) is 10.9. The Morgan fingerprint density at radius 2 is 1.97 bits per heavy atom. The standard InChI is InChI=1S/C25H23N5O3S/c1-15(2)30-12-19(23-24(27)28-14-29-25(23)30)16-7-9-17(10-8-16)33-20-5-4-6-21(18(20)11-26)34-13-22(31)32-3/h4-10,12,14-15H,13H2,1-3H3,(H2,27,28,29). The number of nitrogen functional groups attached to an aromatic ring is 1. The van der Waals surface area contributed by atoms with Gasteiger partial charge in [0.15, 0.2) is 0 Å². The first-order valence-electron chi connectivity index (χ1n) is 10.5. The van der Waals surface area contributed by atoms with Gasteiger partial charge < -0.3 is 19.8 Å². The van der Waals surface area contributed by atoms with Gasteiger partial charge in [0.2, 0.25) is 0 Å². The summed E-state index contributed by atoms with van der Waals surface area (Å²) in [5, 5.41) is 10.5. The van der Waals surface area contributed by atoms with Crippen LogP contribution in [0.2, 0.25) is 0 Å². The molecule has 0 spiro atoms. The molecule has 172 valence electrons. The van der Waals surface area contributed by atoms with E-state index < -0.39 is 0 Å². The van der Waals surface area contributed by atoms with E-state index in [1.54, 1.807) is 18.2 Å². The van der Waals surface area contributed by atoms with Crippen molar-refractivity contribution >= 4 is 34.6 Å². The topological polar surface area (TPSA) is 116 Å². The summed E-state index contributed by atoms with van der Waals surface area (Å²) in [5.41, 5.74) is 9.23. The molecule has 0 bridgehead atoms. The van der Waals surface area contributed by atoms with Gasteiger partial charge in [-0.2, -0.15) is 5.26 Å². The number of hydrogen-bond donors (Lipinski definition) is 1. The zero-order valence-corrected chi connectivity index (χ0v) is 19.8. The second-order valence-corrected chi connectivity index (χ2v) is 8.75. The molecule has 0 saturated heterocycles. The van der Waals surface area contributed by atoms with Crippen molar-refractivity contribution in [3.63, 3.8) is 0 Å². The smallest absolute Gasteiger partial charge is 0.315 e. The van der Waals surface area contributed by atoms with E-state index in [1.807, 2.05) is 30.5 Å². The summed E-state index contributed by atoms with van der Waals surface area (Å²) >= 11 is 1.23. The van der Waals surface area contributed by atoms with E-state index in [9.17, 15) is 10.1 Å². The first-order valence-corrected chi connectivity index (χ1v) is 11.5. The third-order valence-electron chi connectivity index (χ3n) is 5.26. The first-order chi connectivity index (χ1) is 16.4. The summed E-state index contributed by atoms with van der Waals surface area (Å²) in [5.74, 6) is 1.17. The Morgan fingerprint density at radius 3 is 2.65 bits per heavy atom. The zero-order chi connectivity index (χ0) is 24.2. The number of methoxy groups -OCH3 is 1. The second-order valence-electron chi connectivity index (χ2n) is 7.73. The van der Waals surface area contributed by atoms with Gasteiger partial charge in [0.1, 0.15) is 40.9 Å². The van der Waals surface area contributed by atoms with Crippen LogP contribution in [0.5, 0.6) is 11.5 Å². The first kappa shape index (κ1) is 23.1. The summed E-state index contributed by atoms with van der Waals surface area (Å²) in [7, 11) is 1.33. The predicted octanol–water partition coefficient (Wildman–Crippen LogP) is 5.19. The van der Waals surface area contributed by atoms with Crippen molar-refractivity contribution in [1.82, 2.24) is 14.5 Å². The highest BCUT2D eigenvalue weighted by atomic mass is 32.2. The van der Waals surface area contributed by atoms with Crippen LogP contribution >= 0.6 is 11.8 Å². The third-order valence-corrected chi connectivity index (χ3v) is 6.29. The summed E-state index contributed by atoms with van der Waals surface area (Å²) in [6.45, 7) is 4.17. The fourth-order valence-electron chi connectivity index (χ4n) is 3.57. The number of aromatic nitrogens is 3. The molecule has 2 N–H and O–H groups in total. The van der Waals surface area contributed by atoms with Gasteiger partial charge in [0.05, 0.1) is 18.2 Å². The molecule has 0 amide bonds. The van der Waals surface area contributed by atoms with Crippen LogP contribution in [0.4, 0.5) is 5.82 Å². The van der Waals surface area contributed by atoms with Crippen LogP contribution in [0.3, 0.4) is 0 Å². The number of ether oxygens (including phenoxy) is 2. The maximum atomic E-state index is 11.5. The quantitative estimate of drug-likeness (QED) is 0.288. The van der Waals surface area contributed by atoms with Gasteiger partial charge in [-0.3, -0.25) is 4.79 Å². The van der Waals surface area contributed by atoms with Crippen molar-refractivity contribution in [2.75, 3.05) is 18.6 Å². The molecule has 0 aliphatic rings. The molecule has 4 rings (SSSR count). The summed E-state index contributed by atoms with van der Waals surface area (Å²) < 4.78 is 12.8.